The Kier molecular flexibility index (Phi) is 6.01. The van der Waals surface area contributed by atoms with E-state index in [1.807, 2.05) is 41.8 Å². The molecule has 0 radical (unpaired) electrons. The lowest BCUT2D eigenvalue weighted by atomic mass is 9.89. The maximum absolute atomic E-state index is 13.0. The molecule has 1 aromatic carbocycles. The molecule has 0 atom stereocenters. The second-order valence-corrected chi connectivity index (χ2v) is 8.02. The van der Waals surface area contributed by atoms with Crippen LogP contribution < -0.4 is 5.56 Å². The van der Waals surface area contributed by atoms with E-state index in [-0.39, 0.29) is 5.56 Å². The number of hydrogen-bond donors (Lipinski definition) is 0. The van der Waals surface area contributed by atoms with Crippen molar-refractivity contribution in [3.05, 3.63) is 45.7 Å². The third-order valence-corrected chi connectivity index (χ3v) is 5.63. The summed E-state index contributed by atoms with van der Waals surface area (Å²) in [5, 5.41) is 2.28. The van der Waals surface area contributed by atoms with Crippen molar-refractivity contribution >= 4 is 34.3 Å². The Morgan fingerprint density at radius 2 is 2.08 bits per heavy atom. The molecule has 0 aliphatic heterocycles. The van der Waals surface area contributed by atoms with Crippen LogP contribution in [-0.4, -0.2) is 15.3 Å². The average Bonchev–Trinajstić information content (AvgIpc) is 2.59. The lowest BCUT2D eigenvalue weighted by Crippen LogP contribution is -2.27. The van der Waals surface area contributed by atoms with E-state index in [1.165, 1.54) is 32.1 Å². The largest absolute Gasteiger partial charge is 0.287 e. The van der Waals surface area contributed by atoms with Gasteiger partial charge in [-0.15, -0.1) is 0 Å². The van der Waals surface area contributed by atoms with E-state index in [0.29, 0.717) is 11.3 Å². The first-order valence-corrected chi connectivity index (χ1v) is 9.96. The molecule has 24 heavy (non-hydrogen) atoms. The summed E-state index contributed by atoms with van der Waals surface area (Å²) < 4.78 is 1.89. The van der Waals surface area contributed by atoms with Crippen molar-refractivity contribution in [3.8, 4) is 0 Å². The van der Waals surface area contributed by atoms with Crippen molar-refractivity contribution < 1.29 is 0 Å². The highest BCUT2D eigenvalue weighted by atomic mass is 35.5. The van der Waals surface area contributed by atoms with E-state index in [0.717, 1.165) is 28.0 Å². The Labute approximate surface area is 152 Å². The molecule has 0 saturated heterocycles. The highest BCUT2D eigenvalue weighted by Crippen LogP contribution is 2.27. The summed E-state index contributed by atoms with van der Waals surface area (Å²) in [5.74, 6) is 1.31. The molecule has 128 valence electrons. The molecule has 1 aromatic heterocycles. The van der Waals surface area contributed by atoms with Crippen molar-refractivity contribution in [1.82, 2.24) is 9.55 Å². The quantitative estimate of drug-likeness (QED) is 0.540. The van der Waals surface area contributed by atoms with Crippen molar-refractivity contribution in [2.75, 3.05) is 5.75 Å². The highest BCUT2D eigenvalue weighted by molar-refractivity contribution is 7.99. The number of rotatable bonds is 5. The molecule has 1 aliphatic carbocycles. The third kappa shape index (κ3) is 4.22. The number of para-hydroxylation sites is 1. The fraction of sp³-hybridized carbons (Fsp3) is 0.474. The minimum absolute atomic E-state index is 0.0836. The van der Waals surface area contributed by atoms with E-state index in [4.69, 9.17) is 16.6 Å². The summed E-state index contributed by atoms with van der Waals surface area (Å²) in [4.78, 5) is 17.7. The number of fused-ring (bicyclic) bond motifs is 1. The van der Waals surface area contributed by atoms with E-state index < -0.39 is 0 Å². The molecule has 1 saturated carbocycles. The Morgan fingerprint density at radius 3 is 2.83 bits per heavy atom. The monoisotopic (exact) mass is 362 g/mol. The van der Waals surface area contributed by atoms with Gasteiger partial charge in [0.15, 0.2) is 5.16 Å². The van der Waals surface area contributed by atoms with Crippen LogP contribution in [0, 0.1) is 5.92 Å². The number of nitrogens with zero attached hydrogens (tertiary/aromatic N) is 2. The Hall–Kier alpha value is -1.26. The lowest BCUT2D eigenvalue weighted by Gasteiger charge is -2.23. The molecule has 1 fully saturated rings. The van der Waals surface area contributed by atoms with Crippen LogP contribution in [0.5, 0.6) is 0 Å². The number of thioether (sulfide) groups is 1. The van der Waals surface area contributed by atoms with Crippen molar-refractivity contribution in [2.45, 2.75) is 50.7 Å². The molecule has 1 aliphatic rings. The van der Waals surface area contributed by atoms with E-state index in [9.17, 15) is 4.79 Å². The molecular weight excluding hydrogens is 340 g/mol. The normalized spacial score (nSPS) is 16.7. The summed E-state index contributed by atoms with van der Waals surface area (Å²) in [6.07, 6.45) is 8.25. The van der Waals surface area contributed by atoms with Gasteiger partial charge >= 0.3 is 0 Å². The Balaban J connectivity index is 1.96. The lowest BCUT2D eigenvalue weighted by molar-refractivity contribution is 0.306. The molecule has 3 nitrogen and oxygen atoms in total. The predicted octanol–water partition coefficient (Wildman–Crippen LogP) is 5.21. The molecule has 5 heteroatoms. The zero-order chi connectivity index (χ0) is 16.9. The van der Waals surface area contributed by atoms with Gasteiger partial charge < -0.3 is 0 Å². The van der Waals surface area contributed by atoms with E-state index in [1.54, 1.807) is 11.8 Å². The van der Waals surface area contributed by atoms with Crippen molar-refractivity contribution in [2.24, 2.45) is 5.92 Å². The molecule has 1 heterocycles. The van der Waals surface area contributed by atoms with Gasteiger partial charge in [-0.2, -0.15) is 0 Å². The smallest absolute Gasteiger partial charge is 0.262 e. The second-order valence-electron chi connectivity index (χ2n) is 6.43. The molecule has 0 spiro atoms. The summed E-state index contributed by atoms with van der Waals surface area (Å²) in [6.45, 7) is 2.65. The van der Waals surface area contributed by atoms with Crippen molar-refractivity contribution in [1.29, 1.82) is 0 Å². The van der Waals surface area contributed by atoms with Crippen LogP contribution in [-0.2, 0) is 6.54 Å². The number of benzene rings is 1. The van der Waals surface area contributed by atoms with Gasteiger partial charge in [0, 0.05) is 17.3 Å². The van der Waals surface area contributed by atoms with Gasteiger partial charge in [0.1, 0.15) is 0 Å². The van der Waals surface area contributed by atoms with Crippen molar-refractivity contribution in [3.63, 3.8) is 0 Å². The molecule has 2 aromatic rings. The summed E-state index contributed by atoms with van der Waals surface area (Å²) >= 11 is 7.51. The van der Waals surface area contributed by atoms with Crippen LogP contribution in [0.3, 0.4) is 0 Å². The summed E-state index contributed by atoms with van der Waals surface area (Å²) in [5.41, 5.74) is 0.858. The molecular formula is C19H23ClN2OS. The first-order valence-electron chi connectivity index (χ1n) is 8.60. The van der Waals surface area contributed by atoms with Crippen LogP contribution in [0.4, 0.5) is 0 Å². The minimum atomic E-state index is 0.0836. The van der Waals surface area contributed by atoms with Gasteiger partial charge in [0.25, 0.3) is 5.56 Å². The zero-order valence-electron chi connectivity index (χ0n) is 14.0. The number of aromatic nitrogens is 2. The van der Waals surface area contributed by atoms with Crippen LogP contribution in [0.15, 0.2) is 45.3 Å². The topological polar surface area (TPSA) is 34.9 Å². The fourth-order valence-electron chi connectivity index (χ4n) is 3.28. The zero-order valence-corrected chi connectivity index (χ0v) is 15.6. The van der Waals surface area contributed by atoms with E-state index in [2.05, 4.69) is 0 Å². The Morgan fingerprint density at radius 1 is 1.33 bits per heavy atom. The number of halogens is 1. The first-order chi connectivity index (χ1) is 11.6. The number of allylic oxidation sites excluding steroid dienone is 1. The maximum atomic E-state index is 13.0. The standard InChI is InChI=1S/C19H23ClN2OS/c1-14(20)11-12-24-19-21-17-10-6-5-9-16(17)18(23)22(19)13-15-7-3-2-4-8-15/h5-6,9-11,15H,2-4,7-8,12-13H2,1H3/b14-11+. The van der Waals surface area contributed by atoms with Crippen LogP contribution in [0.25, 0.3) is 10.9 Å². The van der Waals surface area contributed by atoms with Gasteiger partial charge in [0.2, 0.25) is 0 Å². The van der Waals surface area contributed by atoms with Crippen LogP contribution in [0.2, 0.25) is 0 Å². The van der Waals surface area contributed by atoms with Gasteiger partial charge in [-0.05, 0) is 37.8 Å². The minimum Gasteiger partial charge on any atom is -0.287 e. The third-order valence-electron chi connectivity index (χ3n) is 4.57. The SMILES string of the molecule is C/C(Cl)=C\CSc1nc2ccccc2c(=O)n1CC1CCCCC1. The summed E-state index contributed by atoms with van der Waals surface area (Å²) in [6, 6.07) is 7.62. The van der Waals surface area contributed by atoms with Gasteiger partial charge in [0.05, 0.1) is 10.9 Å². The summed E-state index contributed by atoms with van der Waals surface area (Å²) in [7, 11) is 0. The molecule has 0 unspecified atom stereocenters. The average molecular weight is 363 g/mol. The molecule has 0 amide bonds. The van der Waals surface area contributed by atoms with Gasteiger partial charge in [-0.25, -0.2) is 4.98 Å². The van der Waals surface area contributed by atoms with Crippen LogP contribution in [0.1, 0.15) is 39.0 Å². The first kappa shape index (κ1) is 17.6. The molecule has 0 bridgehead atoms. The van der Waals surface area contributed by atoms with E-state index >= 15 is 0 Å². The Bertz CT molecular complexity index is 790. The number of hydrogen-bond acceptors (Lipinski definition) is 3. The highest BCUT2D eigenvalue weighted by Gasteiger charge is 2.18. The molecule has 3 rings (SSSR count). The van der Waals surface area contributed by atoms with Crippen LogP contribution >= 0.6 is 23.4 Å². The van der Waals surface area contributed by atoms with Gasteiger partial charge in [-0.3, -0.25) is 9.36 Å². The molecule has 0 N–H and O–H groups in total. The maximum Gasteiger partial charge on any atom is 0.262 e. The predicted molar refractivity (Wildman–Crippen MR) is 103 cm³/mol. The fourth-order valence-corrected chi connectivity index (χ4v) is 4.41. The second kappa shape index (κ2) is 8.21. The van der Waals surface area contributed by atoms with Gasteiger partial charge in [-0.1, -0.05) is 60.8 Å².